The van der Waals surface area contributed by atoms with Gasteiger partial charge in [-0.05, 0) is 64.6 Å². The summed E-state index contributed by atoms with van der Waals surface area (Å²) in [5, 5.41) is 12.3. The van der Waals surface area contributed by atoms with Crippen molar-refractivity contribution in [2.24, 2.45) is 5.92 Å². The highest BCUT2D eigenvalue weighted by molar-refractivity contribution is 5.74. The molecule has 4 nitrogen and oxygen atoms in total. The molecule has 0 radical (unpaired) electrons. The lowest BCUT2D eigenvalue weighted by atomic mass is 10.0. The topological polar surface area (TPSA) is 52.6 Å². The van der Waals surface area contributed by atoms with E-state index in [0.29, 0.717) is 12.0 Å². The molecule has 1 saturated carbocycles. The minimum absolute atomic E-state index is 0.302. The van der Waals surface area contributed by atoms with Gasteiger partial charge >= 0.3 is 5.97 Å². The number of nitrogens with zero attached hydrogens (tertiary/aromatic N) is 1. The van der Waals surface area contributed by atoms with Crippen molar-refractivity contribution in [1.82, 2.24) is 10.2 Å². The highest BCUT2D eigenvalue weighted by Gasteiger charge is 2.35. The van der Waals surface area contributed by atoms with Crippen LogP contribution in [-0.2, 0) is 4.79 Å². The second kappa shape index (κ2) is 6.53. The van der Waals surface area contributed by atoms with Crippen LogP contribution in [0.2, 0.25) is 0 Å². The Morgan fingerprint density at radius 3 is 2.78 bits per heavy atom. The molecule has 2 N–H and O–H groups in total. The number of carboxylic acid groups (broad SMARTS) is 1. The van der Waals surface area contributed by atoms with Gasteiger partial charge in [-0.15, -0.1) is 0 Å². The lowest BCUT2D eigenvalue weighted by molar-refractivity contribution is -0.140. The molecular weight excluding hydrogens is 228 g/mol. The first-order valence-corrected chi connectivity index (χ1v) is 7.38. The molecule has 1 aliphatic carbocycles. The van der Waals surface area contributed by atoms with Gasteiger partial charge in [0.15, 0.2) is 0 Å². The Balaban J connectivity index is 1.61. The summed E-state index contributed by atoms with van der Waals surface area (Å²) >= 11 is 0. The molecule has 1 heterocycles. The third kappa shape index (κ3) is 3.95. The molecule has 2 unspecified atom stereocenters. The van der Waals surface area contributed by atoms with Crippen LogP contribution in [0.5, 0.6) is 0 Å². The van der Waals surface area contributed by atoms with Crippen LogP contribution in [0, 0.1) is 5.92 Å². The van der Waals surface area contributed by atoms with E-state index in [2.05, 4.69) is 17.1 Å². The third-order valence-electron chi connectivity index (χ3n) is 4.29. The molecule has 104 valence electrons. The smallest absolute Gasteiger partial charge is 0.320 e. The second-order valence-corrected chi connectivity index (χ2v) is 5.84. The molecule has 2 rings (SSSR count). The van der Waals surface area contributed by atoms with Crippen LogP contribution in [0.25, 0.3) is 0 Å². The predicted molar refractivity (Wildman–Crippen MR) is 71.7 cm³/mol. The molecule has 0 aromatic rings. The van der Waals surface area contributed by atoms with E-state index in [4.69, 9.17) is 5.11 Å². The largest absolute Gasteiger partial charge is 0.480 e. The van der Waals surface area contributed by atoms with Crippen molar-refractivity contribution >= 4 is 5.97 Å². The fraction of sp³-hybridized carbons (Fsp3) is 0.929. The number of nitrogens with one attached hydrogen (secondary N) is 1. The molecule has 0 spiro atoms. The number of likely N-dealkylation sites (tertiary alicyclic amines) is 1. The van der Waals surface area contributed by atoms with Crippen LogP contribution in [0.3, 0.4) is 0 Å². The molecule has 0 amide bonds. The van der Waals surface area contributed by atoms with Crippen molar-refractivity contribution in [2.45, 2.75) is 57.5 Å². The normalized spacial score (nSPS) is 27.1. The van der Waals surface area contributed by atoms with E-state index in [9.17, 15) is 4.79 Å². The molecule has 18 heavy (non-hydrogen) atoms. The van der Waals surface area contributed by atoms with Gasteiger partial charge in [0.05, 0.1) is 0 Å². The Kier molecular flexibility index (Phi) is 5.01. The monoisotopic (exact) mass is 254 g/mol. The van der Waals surface area contributed by atoms with Crippen molar-refractivity contribution in [3.05, 3.63) is 0 Å². The van der Waals surface area contributed by atoms with E-state index >= 15 is 0 Å². The Hall–Kier alpha value is -0.610. The van der Waals surface area contributed by atoms with Crippen molar-refractivity contribution in [2.75, 3.05) is 19.6 Å². The minimum Gasteiger partial charge on any atom is -0.480 e. The Labute approximate surface area is 110 Å². The minimum atomic E-state index is -0.677. The first kappa shape index (κ1) is 13.8. The zero-order valence-corrected chi connectivity index (χ0v) is 11.4. The van der Waals surface area contributed by atoms with E-state index in [1.54, 1.807) is 0 Å². The Morgan fingerprint density at radius 2 is 2.17 bits per heavy atom. The lowest BCUT2D eigenvalue weighted by Crippen LogP contribution is -2.42. The molecule has 1 saturated heterocycles. The number of aliphatic carboxylic acids is 1. The molecule has 4 heteroatoms. The van der Waals surface area contributed by atoms with E-state index in [0.717, 1.165) is 32.4 Å². The Bertz CT molecular complexity index is 279. The molecule has 0 bridgehead atoms. The van der Waals surface area contributed by atoms with Crippen molar-refractivity contribution < 1.29 is 9.90 Å². The second-order valence-electron chi connectivity index (χ2n) is 5.84. The summed E-state index contributed by atoms with van der Waals surface area (Å²) in [6, 6.07) is 0.404. The zero-order chi connectivity index (χ0) is 13.0. The van der Waals surface area contributed by atoms with Gasteiger partial charge in [-0.2, -0.15) is 0 Å². The maximum Gasteiger partial charge on any atom is 0.320 e. The fourth-order valence-corrected chi connectivity index (χ4v) is 2.91. The average molecular weight is 254 g/mol. The van der Waals surface area contributed by atoms with Crippen molar-refractivity contribution in [3.63, 3.8) is 0 Å². The lowest BCUT2D eigenvalue weighted by Gasteiger charge is -2.33. The van der Waals surface area contributed by atoms with Gasteiger partial charge in [-0.25, -0.2) is 0 Å². The summed E-state index contributed by atoms with van der Waals surface area (Å²) in [7, 11) is 0. The summed E-state index contributed by atoms with van der Waals surface area (Å²) < 4.78 is 0. The number of carbonyl (C=O) groups is 1. The summed E-state index contributed by atoms with van der Waals surface area (Å²) in [5.74, 6) is -0.291. The van der Waals surface area contributed by atoms with Crippen LogP contribution in [0.1, 0.15) is 45.4 Å². The van der Waals surface area contributed by atoms with Crippen LogP contribution >= 0.6 is 0 Å². The van der Waals surface area contributed by atoms with E-state index in [1.807, 2.05) is 0 Å². The van der Waals surface area contributed by atoms with E-state index in [-0.39, 0.29) is 6.04 Å². The first-order valence-electron chi connectivity index (χ1n) is 7.38. The maximum absolute atomic E-state index is 11.1. The van der Waals surface area contributed by atoms with Crippen LogP contribution in [0.4, 0.5) is 0 Å². The van der Waals surface area contributed by atoms with Gasteiger partial charge in [0.2, 0.25) is 0 Å². The van der Waals surface area contributed by atoms with Crippen LogP contribution in [-0.4, -0.2) is 47.7 Å². The van der Waals surface area contributed by atoms with Gasteiger partial charge in [-0.1, -0.05) is 6.42 Å². The number of hydrogen-bond donors (Lipinski definition) is 2. The molecule has 1 aliphatic heterocycles. The molecule has 2 fully saturated rings. The van der Waals surface area contributed by atoms with Crippen LogP contribution in [0.15, 0.2) is 0 Å². The SMILES string of the molecule is CC1CCCCN1CCCNC(C(=O)O)C1CC1. The summed E-state index contributed by atoms with van der Waals surface area (Å²) in [4.78, 5) is 13.6. The van der Waals surface area contributed by atoms with E-state index in [1.165, 1.54) is 25.8 Å². The van der Waals surface area contributed by atoms with E-state index < -0.39 is 5.97 Å². The highest BCUT2D eigenvalue weighted by atomic mass is 16.4. The van der Waals surface area contributed by atoms with Crippen molar-refractivity contribution in [1.29, 1.82) is 0 Å². The quantitative estimate of drug-likeness (QED) is 0.679. The molecule has 2 aliphatic rings. The molecule has 2 atom stereocenters. The zero-order valence-electron chi connectivity index (χ0n) is 11.4. The average Bonchev–Trinajstić information content (AvgIpc) is 3.15. The van der Waals surface area contributed by atoms with Gasteiger partial charge in [-0.3, -0.25) is 4.79 Å². The number of hydrogen-bond acceptors (Lipinski definition) is 3. The van der Waals surface area contributed by atoms with Gasteiger partial charge in [0.25, 0.3) is 0 Å². The fourth-order valence-electron chi connectivity index (χ4n) is 2.91. The summed E-state index contributed by atoms with van der Waals surface area (Å²) in [5.41, 5.74) is 0. The van der Waals surface area contributed by atoms with Gasteiger partial charge < -0.3 is 15.3 Å². The highest BCUT2D eigenvalue weighted by Crippen LogP contribution is 2.32. The van der Waals surface area contributed by atoms with Crippen molar-refractivity contribution in [3.8, 4) is 0 Å². The van der Waals surface area contributed by atoms with Crippen LogP contribution < -0.4 is 5.32 Å². The summed E-state index contributed by atoms with van der Waals surface area (Å²) in [6.45, 7) is 5.45. The number of rotatable bonds is 7. The molecule has 0 aromatic heterocycles. The van der Waals surface area contributed by atoms with Gasteiger partial charge in [0, 0.05) is 6.04 Å². The number of piperidine rings is 1. The molecule has 0 aromatic carbocycles. The molecular formula is C14H26N2O2. The van der Waals surface area contributed by atoms with Gasteiger partial charge in [0.1, 0.15) is 6.04 Å². The Morgan fingerprint density at radius 1 is 1.39 bits per heavy atom. The predicted octanol–water partition coefficient (Wildman–Crippen LogP) is 1.70. The first-order chi connectivity index (χ1) is 8.68. The standard InChI is InChI=1S/C14H26N2O2/c1-11-5-2-3-9-16(11)10-4-8-15-13(14(17)18)12-6-7-12/h11-13,15H,2-10H2,1H3,(H,17,18). The maximum atomic E-state index is 11.1. The third-order valence-corrected chi connectivity index (χ3v) is 4.29. The number of carboxylic acids is 1. The summed E-state index contributed by atoms with van der Waals surface area (Å²) in [6.07, 6.45) is 7.20.